The number of nitrogens with zero attached hydrogens (tertiary/aromatic N) is 1. The van der Waals surface area contributed by atoms with Gasteiger partial charge >= 0.3 is 0 Å². The summed E-state index contributed by atoms with van der Waals surface area (Å²) in [7, 11) is 0. The van der Waals surface area contributed by atoms with Gasteiger partial charge < -0.3 is 10.4 Å². The highest BCUT2D eigenvalue weighted by atomic mass is 79.9. The topological polar surface area (TPSA) is 45.1 Å². The van der Waals surface area contributed by atoms with Gasteiger partial charge in [-0.1, -0.05) is 0 Å². The number of aliphatic hydroxyl groups excluding tert-OH is 1. The predicted octanol–water partition coefficient (Wildman–Crippen LogP) is 2.93. The minimum Gasteiger partial charge on any atom is -0.392 e. The van der Waals surface area contributed by atoms with E-state index in [1.807, 2.05) is 6.07 Å². The van der Waals surface area contributed by atoms with Gasteiger partial charge in [-0.15, -0.1) is 0 Å². The van der Waals surface area contributed by atoms with Crippen LogP contribution >= 0.6 is 15.9 Å². The Bertz CT molecular complexity index is 545. The number of rotatable bonds is 3. The third kappa shape index (κ3) is 2.92. The van der Waals surface area contributed by atoms with E-state index < -0.39 is 6.10 Å². The summed E-state index contributed by atoms with van der Waals surface area (Å²) < 4.78 is 13.8. The van der Waals surface area contributed by atoms with Crippen LogP contribution in [0.4, 0.5) is 10.2 Å². The molecule has 0 saturated carbocycles. The van der Waals surface area contributed by atoms with Gasteiger partial charge in [0.25, 0.3) is 0 Å². The van der Waals surface area contributed by atoms with Crippen molar-refractivity contribution < 1.29 is 9.50 Å². The fourth-order valence-electron chi connectivity index (χ4n) is 1.47. The van der Waals surface area contributed by atoms with Gasteiger partial charge in [0.05, 0.1) is 16.1 Å². The Morgan fingerprint density at radius 3 is 2.94 bits per heavy atom. The van der Waals surface area contributed by atoms with Crippen LogP contribution in [-0.2, 0) is 0 Å². The third-order valence-electron chi connectivity index (χ3n) is 2.31. The Labute approximate surface area is 107 Å². The van der Waals surface area contributed by atoms with Crippen LogP contribution in [0.2, 0.25) is 0 Å². The van der Waals surface area contributed by atoms with Crippen molar-refractivity contribution in [2.24, 2.45) is 0 Å². The minimum atomic E-state index is -0.450. The number of hydrogen-bond donors (Lipinski definition) is 2. The van der Waals surface area contributed by atoms with Gasteiger partial charge in [-0.2, -0.15) is 0 Å². The molecular formula is C12H12BrFN2O. The number of halogens is 2. The molecule has 0 aliphatic heterocycles. The van der Waals surface area contributed by atoms with Gasteiger partial charge in [0.1, 0.15) is 11.6 Å². The molecule has 0 radical (unpaired) electrons. The number of aliphatic hydroxyl groups is 1. The molecule has 0 spiro atoms. The van der Waals surface area contributed by atoms with Crippen molar-refractivity contribution in [1.29, 1.82) is 0 Å². The van der Waals surface area contributed by atoms with Crippen LogP contribution in [0.1, 0.15) is 6.92 Å². The van der Waals surface area contributed by atoms with Crippen LogP contribution in [0.5, 0.6) is 0 Å². The largest absolute Gasteiger partial charge is 0.392 e. The Morgan fingerprint density at radius 2 is 2.24 bits per heavy atom. The molecule has 0 fully saturated rings. The first kappa shape index (κ1) is 12.3. The van der Waals surface area contributed by atoms with E-state index in [0.717, 1.165) is 5.39 Å². The van der Waals surface area contributed by atoms with Crippen molar-refractivity contribution in [3.63, 3.8) is 0 Å². The molecule has 2 N–H and O–H groups in total. The normalized spacial score (nSPS) is 12.7. The molecule has 1 heterocycles. The molecule has 0 amide bonds. The maximum absolute atomic E-state index is 13.3. The number of fused-ring (bicyclic) bond motifs is 1. The van der Waals surface area contributed by atoms with Crippen molar-refractivity contribution in [3.8, 4) is 0 Å². The second kappa shape index (κ2) is 4.98. The van der Waals surface area contributed by atoms with E-state index >= 15 is 0 Å². The van der Waals surface area contributed by atoms with Crippen LogP contribution in [0.25, 0.3) is 10.9 Å². The Balaban J connectivity index is 2.33. The highest BCUT2D eigenvalue weighted by Crippen LogP contribution is 2.23. The van der Waals surface area contributed by atoms with Crippen LogP contribution in [0.3, 0.4) is 0 Å². The first-order valence-electron chi connectivity index (χ1n) is 5.24. The summed E-state index contributed by atoms with van der Waals surface area (Å²) >= 11 is 3.13. The van der Waals surface area contributed by atoms with Crippen molar-refractivity contribution in [2.45, 2.75) is 13.0 Å². The maximum atomic E-state index is 13.3. The number of benzene rings is 1. The van der Waals surface area contributed by atoms with Crippen LogP contribution in [0.15, 0.2) is 28.7 Å². The molecule has 0 bridgehead atoms. The molecule has 1 atom stereocenters. The summed E-state index contributed by atoms with van der Waals surface area (Å²) in [6.45, 7) is 2.10. The van der Waals surface area contributed by atoms with Gasteiger partial charge in [0, 0.05) is 18.0 Å². The second-order valence-corrected chi connectivity index (χ2v) is 4.74. The van der Waals surface area contributed by atoms with Crippen LogP contribution in [0, 0.1) is 5.82 Å². The molecule has 0 saturated heterocycles. The molecule has 17 heavy (non-hydrogen) atoms. The summed E-state index contributed by atoms with van der Waals surface area (Å²) in [5.41, 5.74) is 0.585. The van der Waals surface area contributed by atoms with E-state index in [2.05, 4.69) is 26.2 Å². The lowest BCUT2D eigenvalue weighted by Crippen LogP contribution is -2.15. The van der Waals surface area contributed by atoms with Gasteiger partial charge in [-0.3, -0.25) is 0 Å². The molecule has 90 valence electrons. The van der Waals surface area contributed by atoms with Gasteiger partial charge in [0.15, 0.2) is 0 Å². The Kier molecular flexibility index (Phi) is 3.59. The lowest BCUT2D eigenvalue weighted by molar-refractivity contribution is 0.208. The third-order valence-corrected chi connectivity index (χ3v) is 2.92. The molecule has 2 aromatic rings. The fraction of sp³-hybridized carbons (Fsp3) is 0.250. The second-order valence-electron chi connectivity index (χ2n) is 3.89. The smallest absolute Gasteiger partial charge is 0.139 e. The number of nitrogens with one attached hydrogen (secondary N) is 1. The summed E-state index contributed by atoms with van der Waals surface area (Å²) in [5.74, 6) is 0.290. The summed E-state index contributed by atoms with van der Waals surface area (Å²) in [6, 6.07) is 6.73. The quantitative estimate of drug-likeness (QED) is 0.916. The molecule has 3 nitrogen and oxygen atoms in total. The van der Waals surface area contributed by atoms with E-state index in [4.69, 9.17) is 5.11 Å². The minimum absolute atomic E-state index is 0.335. The summed E-state index contributed by atoms with van der Waals surface area (Å²) in [5, 5.41) is 13.0. The monoisotopic (exact) mass is 298 g/mol. The first-order chi connectivity index (χ1) is 8.06. The number of hydrogen-bond acceptors (Lipinski definition) is 3. The predicted molar refractivity (Wildman–Crippen MR) is 69.6 cm³/mol. The van der Waals surface area contributed by atoms with Crippen molar-refractivity contribution in [1.82, 2.24) is 4.98 Å². The van der Waals surface area contributed by atoms with Crippen molar-refractivity contribution in [2.75, 3.05) is 11.9 Å². The molecule has 1 aromatic carbocycles. The molecule has 1 unspecified atom stereocenters. The molecule has 0 aliphatic carbocycles. The highest BCUT2D eigenvalue weighted by Gasteiger charge is 2.04. The summed E-state index contributed by atoms with van der Waals surface area (Å²) in [6.07, 6.45) is -0.450. The van der Waals surface area contributed by atoms with Gasteiger partial charge in [0.2, 0.25) is 0 Å². The zero-order valence-corrected chi connectivity index (χ0v) is 10.8. The maximum Gasteiger partial charge on any atom is 0.139 e. The van der Waals surface area contributed by atoms with Gasteiger partial charge in [-0.05, 0) is 41.1 Å². The number of pyridine rings is 1. The average molecular weight is 299 g/mol. The molecular weight excluding hydrogens is 287 g/mol. The lowest BCUT2D eigenvalue weighted by atomic mass is 10.2. The van der Waals surface area contributed by atoms with E-state index in [-0.39, 0.29) is 5.82 Å². The van der Waals surface area contributed by atoms with E-state index in [9.17, 15) is 4.39 Å². The lowest BCUT2D eigenvalue weighted by Gasteiger charge is -2.08. The SMILES string of the molecule is CC(O)CNc1ccc2cc(Br)c(F)cc2n1. The molecule has 1 aromatic heterocycles. The van der Waals surface area contributed by atoms with Crippen molar-refractivity contribution >= 4 is 32.7 Å². The van der Waals surface area contributed by atoms with E-state index in [0.29, 0.717) is 22.4 Å². The first-order valence-corrected chi connectivity index (χ1v) is 6.03. The van der Waals surface area contributed by atoms with E-state index in [1.54, 1.807) is 19.1 Å². The average Bonchev–Trinajstić information content (AvgIpc) is 2.28. The standard InChI is InChI=1S/C12H12BrFN2O/c1-7(17)6-15-12-3-2-8-4-9(13)10(14)5-11(8)16-12/h2-5,7,17H,6H2,1H3,(H,15,16). The highest BCUT2D eigenvalue weighted by molar-refractivity contribution is 9.10. The van der Waals surface area contributed by atoms with Crippen LogP contribution < -0.4 is 5.32 Å². The molecule has 0 aliphatic rings. The van der Waals surface area contributed by atoms with Crippen molar-refractivity contribution in [3.05, 3.63) is 34.6 Å². The molecule has 5 heteroatoms. The van der Waals surface area contributed by atoms with Crippen LogP contribution in [-0.4, -0.2) is 22.7 Å². The fourth-order valence-corrected chi connectivity index (χ4v) is 1.83. The Morgan fingerprint density at radius 1 is 1.47 bits per heavy atom. The number of anilines is 1. The molecule has 2 rings (SSSR count). The zero-order valence-electron chi connectivity index (χ0n) is 9.24. The zero-order chi connectivity index (χ0) is 12.4. The van der Waals surface area contributed by atoms with Gasteiger partial charge in [-0.25, -0.2) is 9.37 Å². The number of aromatic nitrogens is 1. The Hall–Kier alpha value is -1.20. The summed E-state index contributed by atoms with van der Waals surface area (Å²) in [4.78, 5) is 4.27. The van der Waals surface area contributed by atoms with E-state index in [1.165, 1.54) is 6.07 Å².